The van der Waals surface area contributed by atoms with Gasteiger partial charge >= 0.3 is 0 Å². The summed E-state index contributed by atoms with van der Waals surface area (Å²) in [5.41, 5.74) is 0.765. The van der Waals surface area contributed by atoms with Gasteiger partial charge in [-0.25, -0.2) is 4.39 Å². The minimum absolute atomic E-state index is 0.261. The lowest BCUT2D eigenvalue weighted by molar-refractivity contribution is -0.128. The van der Waals surface area contributed by atoms with Crippen molar-refractivity contribution in [1.82, 2.24) is 5.32 Å². The minimum Gasteiger partial charge on any atom is -0.481 e. The molecular weight excluding hydrogens is 340 g/mol. The summed E-state index contributed by atoms with van der Waals surface area (Å²) in [5.74, 6) is -0.173. The summed E-state index contributed by atoms with van der Waals surface area (Å²) < 4.78 is 18.5. The van der Waals surface area contributed by atoms with Crippen molar-refractivity contribution >= 4 is 29.1 Å². The fourth-order valence-electron chi connectivity index (χ4n) is 1.96. The molecule has 2 rings (SSSR count). The van der Waals surface area contributed by atoms with Crippen LogP contribution >= 0.6 is 23.2 Å². The van der Waals surface area contributed by atoms with Gasteiger partial charge in [0.2, 0.25) is 0 Å². The van der Waals surface area contributed by atoms with Crippen LogP contribution in [0.1, 0.15) is 18.9 Å². The topological polar surface area (TPSA) is 38.3 Å². The highest BCUT2D eigenvalue weighted by Crippen LogP contribution is 2.21. The zero-order valence-corrected chi connectivity index (χ0v) is 14.0. The maximum Gasteiger partial charge on any atom is 0.261 e. The number of amides is 1. The molecule has 0 bridgehead atoms. The van der Waals surface area contributed by atoms with Crippen LogP contribution < -0.4 is 10.1 Å². The molecule has 0 spiro atoms. The van der Waals surface area contributed by atoms with Crippen LogP contribution in [-0.4, -0.2) is 12.0 Å². The van der Waals surface area contributed by atoms with Gasteiger partial charge in [-0.15, -0.1) is 0 Å². The Kier molecular flexibility index (Phi) is 6.25. The fraction of sp³-hybridized carbons (Fsp3) is 0.235. The molecule has 1 N–H and O–H groups in total. The Bertz CT molecular complexity index is 677. The normalized spacial score (nSPS) is 11.8. The van der Waals surface area contributed by atoms with Gasteiger partial charge in [0.05, 0.1) is 0 Å². The standard InChI is InChI=1S/C17H16Cl2FNO2/c1-2-16(23-14-7-5-13(20)6-8-14)17(22)21-10-11-3-4-12(18)9-15(11)19/h3-9,16H,2,10H2,1H3,(H,21,22)/t16-/m1/s1. The highest BCUT2D eigenvalue weighted by molar-refractivity contribution is 6.35. The van der Waals surface area contributed by atoms with Crippen molar-refractivity contribution in [3.05, 3.63) is 63.9 Å². The Morgan fingerprint density at radius 2 is 1.91 bits per heavy atom. The van der Waals surface area contributed by atoms with Gasteiger partial charge in [-0.2, -0.15) is 0 Å². The third-order valence-corrected chi connectivity index (χ3v) is 3.81. The first-order valence-corrected chi connectivity index (χ1v) is 7.89. The SMILES string of the molecule is CC[C@@H](Oc1ccc(F)cc1)C(=O)NCc1ccc(Cl)cc1Cl. The Morgan fingerprint density at radius 3 is 2.52 bits per heavy atom. The third-order valence-electron chi connectivity index (χ3n) is 3.22. The molecule has 0 saturated carbocycles. The Labute approximate surface area is 144 Å². The quantitative estimate of drug-likeness (QED) is 0.821. The summed E-state index contributed by atoms with van der Waals surface area (Å²) in [6.07, 6.45) is -0.177. The zero-order valence-electron chi connectivity index (χ0n) is 12.5. The van der Waals surface area contributed by atoms with Gasteiger partial charge in [0, 0.05) is 16.6 Å². The van der Waals surface area contributed by atoms with E-state index in [1.807, 2.05) is 6.92 Å². The van der Waals surface area contributed by atoms with Gasteiger partial charge in [0.1, 0.15) is 11.6 Å². The lowest BCUT2D eigenvalue weighted by Gasteiger charge is -2.17. The number of halogens is 3. The highest BCUT2D eigenvalue weighted by atomic mass is 35.5. The maximum atomic E-state index is 12.9. The predicted molar refractivity (Wildman–Crippen MR) is 89.4 cm³/mol. The number of benzene rings is 2. The maximum absolute atomic E-state index is 12.9. The van der Waals surface area contributed by atoms with Crippen molar-refractivity contribution in [3.8, 4) is 5.75 Å². The molecule has 0 radical (unpaired) electrons. The van der Waals surface area contributed by atoms with Crippen LogP contribution in [0.4, 0.5) is 4.39 Å². The Hall–Kier alpha value is -1.78. The van der Waals surface area contributed by atoms with Crippen molar-refractivity contribution < 1.29 is 13.9 Å². The van der Waals surface area contributed by atoms with Crippen LogP contribution in [0.15, 0.2) is 42.5 Å². The second-order valence-electron chi connectivity index (χ2n) is 4.92. The number of hydrogen-bond acceptors (Lipinski definition) is 2. The van der Waals surface area contributed by atoms with E-state index >= 15 is 0 Å². The summed E-state index contributed by atoms with van der Waals surface area (Å²) in [6.45, 7) is 2.11. The molecule has 2 aromatic carbocycles. The van der Waals surface area contributed by atoms with Crippen LogP contribution in [0, 0.1) is 5.82 Å². The van der Waals surface area contributed by atoms with E-state index in [2.05, 4.69) is 5.32 Å². The largest absolute Gasteiger partial charge is 0.481 e. The second kappa shape index (κ2) is 8.18. The van der Waals surface area contributed by atoms with Gasteiger partial charge in [-0.1, -0.05) is 36.2 Å². The van der Waals surface area contributed by atoms with E-state index in [0.29, 0.717) is 22.2 Å². The van der Waals surface area contributed by atoms with E-state index in [0.717, 1.165) is 5.56 Å². The van der Waals surface area contributed by atoms with Crippen molar-refractivity contribution in [1.29, 1.82) is 0 Å². The summed E-state index contributed by atoms with van der Waals surface area (Å²) in [6, 6.07) is 10.6. The first kappa shape index (κ1) is 17.6. The first-order valence-electron chi connectivity index (χ1n) is 7.13. The second-order valence-corrected chi connectivity index (χ2v) is 5.77. The fourth-order valence-corrected chi connectivity index (χ4v) is 2.44. The molecular formula is C17H16Cl2FNO2. The third kappa shape index (κ3) is 5.12. The zero-order chi connectivity index (χ0) is 16.8. The Morgan fingerprint density at radius 1 is 1.22 bits per heavy atom. The smallest absolute Gasteiger partial charge is 0.261 e. The van der Waals surface area contributed by atoms with E-state index in [1.165, 1.54) is 24.3 Å². The highest BCUT2D eigenvalue weighted by Gasteiger charge is 2.18. The molecule has 0 unspecified atom stereocenters. The Balaban J connectivity index is 1.95. The molecule has 0 aliphatic heterocycles. The lowest BCUT2D eigenvalue weighted by Crippen LogP contribution is -2.37. The van der Waals surface area contributed by atoms with E-state index < -0.39 is 6.10 Å². The van der Waals surface area contributed by atoms with Crippen LogP contribution in [0.3, 0.4) is 0 Å². The summed E-state index contributed by atoms with van der Waals surface area (Å²) in [5, 5.41) is 3.81. The van der Waals surface area contributed by atoms with E-state index in [4.69, 9.17) is 27.9 Å². The molecule has 0 aromatic heterocycles. The van der Waals surface area contributed by atoms with Gasteiger partial charge in [-0.05, 0) is 48.4 Å². The van der Waals surface area contributed by atoms with E-state index in [9.17, 15) is 9.18 Å². The number of ether oxygens (including phenoxy) is 1. The molecule has 23 heavy (non-hydrogen) atoms. The van der Waals surface area contributed by atoms with Crippen LogP contribution in [0.2, 0.25) is 10.0 Å². The van der Waals surface area contributed by atoms with Gasteiger partial charge in [-0.3, -0.25) is 4.79 Å². The molecule has 0 fully saturated rings. The van der Waals surface area contributed by atoms with Crippen LogP contribution in [0.5, 0.6) is 5.75 Å². The van der Waals surface area contributed by atoms with Crippen molar-refractivity contribution in [2.24, 2.45) is 0 Å². The average molecular weight is 356 g/mol. The van der Waals surface area contributed by atoms with E-state index in [1.54, 1.807) is 18.2 Å². The monoisotopic (exact) mass is 355 g/mol. The summed E-state index contributed by atoms with van der Waals surface area (Å²) in [4.78, 5) is 12.2. The van der Waals surface area contributed by atoms with Crippen LogP contribution in [-0.2, 0) is 11.3 Å². The molecule has 0 aliphatic carbocycles. The lowest BCUT2D eigenvalue weighted by atomic mass is 10.2. The average Bonchev–Trinajstić information content (AvgIpc) is 2.53. The van der Waals surface area contributed by atoms with Gasteiger partial charge in [0.15, 0.2) is 6.10 Å². The number of hydrogen-bond donors (Lipinski definition) is 1. The minimum atomic E-state index is -0.661. The molecule has 1 atom stereocenters. The predicted octanol–water partition coefficient (Wildman–Crippen LogP) is 4.61. The summed E-state index contributed by atoms with van der Waals surface area (Å²) >= 11 is 11.9. The molecule has 0 aliphatic rings. The number of carbonyl (C=O) groups is 1. The molecule has 2 aromatic rings. The first-order chi connectivity index (χ1) is 11.0. The molecule has 122 valence electrons. The molecule has 3 nitrogen and oxygen atoms in total. The molecule has 1 amide bonds. The summed E-state index contributed by atoms with van der Waals surface area (Å²) in [7, 11) is 0. The molecule has 6 heteroatoms. The molecule has 0 saturated heterocycles. The number of rotatable bonds is 6. The number of nitrogens with one attached hydrogen (secondary N) is 1. The molecule has 0 heterocycles. The number of carbonyl (C=O) groups excluding carboxylic acids is 1. The van der Waals surface area contributed by atoms with Crippen LogP contribution in [0.25, 0.3) is 0 Å². The van der Waals surface area contributed by atoms with Crippen molar-refractivity contribution in [3.63, 3.8) is 0 Å². The van der Waals surface area contributed by atoms with Crippen molar-refractivity contribution in [2.45, 2.75) is 26.0 Å². The van der Waals surface area contributed by atoms with E-state index in [-0.39, 0.29) is 18.3 Å². The van der Waals surface area contributed by atoms with Gasteiger partial charge < -0.3 is 10.1 Å². The van der Waals surface area contributed by atoms with Gasteiger partial charge in [0.25, 0.3) is 5.91 Å². The van der Waals surface area contributed by atoms with Crippen molar-refractivity contribution in [2.75, 3.05) is 0 Å².